The molecule has 2 fully saturated rings. The van der Waals surface area contributed by atoms with Crippen LogP contribution in [0.1, 0.15) is 69.4 Å². The van der Waals surface area contributed by atoms with Crippen molar-refractivity contribution in [2.45, 2.75) is 76.9 Å². The number of nitrogens with zero attached hydrogens (tertiary/aromatic N) is 1. The predicted octanol–water partition coefficient (Wildman–Crippen LogP) is 4.08. The summed E-state index contributed by atoms with van der Waals surface area (Å²) in [6, 6.07) is 4.05. The van der Waals surface area contributed by atoms with Crippen LogP contribution in [-0.4, -0.2) is 36.2 Å². The molecule has 3 rings (SSSR count). The van der Waals surface area contributed by atoms with Crippen LogP contribution in [0.25, 0.3) is 0 Å². The maximum absolute atomic E-state index is 6.31. The largest absolute Gasteiger partial charge is 0.397 e. The van der Waals surface area contributed by atoms with Gasteiger partial charge in [-0.05, 0) is 95.5 Å². The first-order valence-electron chi connectivity index (χ1n) is 9.95. The molecule has 0 spiro atoms. The first-order chi connectivity index (χ1) is 11.9. The predicted molar refractivity (Wildman–Crippen MR) is 106 cm³/mol. The number of likely N-dealkylation sites (tertiary alicyclic amines) is 1. The van der Waals surface area contributed by atoms with E-state index in [1.807, 2.05) is 6.07 Å². The van der Waals surface area contributed by atoms with E-state index < -0.39 is 0 Å². The van der Waals surface area contributed by atoms with Crippen molar-refractivity contribution in [2.75, 3.05) is 31.2 Å². The third-order valence-electron chi connectivity index (χ3n) is 6.62. The Bertz CT molecular complexity index is 585. The van der Waals surface area contributed by atoms with Gasteiger partial charge in [0.1, 0.15) is 0 Å². The second kappa shape index (κ2) is 7.55. The molecule has 1 heterocycles. The highest BCUT2D eigenvalue weighted by atomic mass is 16.5. The second-order valence-electron chi connectivity index (χ2n) is 8.21. The van der Waals surface area contributed by atoms with Gasteiger partial charge in [0.25, 0.3) is 0 Å². The quantitative estimate of drug-likeness (QED) is 0.807. The molecule has 0 bridgehead atoms. The summed E-state index contributed by atoms with van der Waals surface area (Å²) in [5.74, 6) is 0.545. The number of piperidine rings is 1. The van der Waals surface area contributed by atoms with Gasteiger partial charge in [-0.3, -0.25) is 4.90 Å². The van der Waals surface area contributed by atoms with Crippen molar-refractivity contribution in [3.05, 3.63) is 23.3 Å². The van der Waals surface area contributed by atoms with E-state index in [-0.39, 0.29) is 0 Å². The van der Waals surface area contributed by atoms with Gasteiger partial charge in [-0.2, -0.15) is 0 Å². The SMILES string of the molecule is CCOC1CCC(C)(N2CCC(c3c(C)ccc(N)c3N)CC2)CC1. The van der Waals surface area contributed by atoms with Gasteiger partial charge in [-0.1, -0.05) is 6.07 Å². The van der Waals surface area contributed by atoms with Gasteiger partial charge in [0.05, 0.1) is 17.5 Å². The highest BCUT2D eigenvalue weighted by Crippen LogP contribution is 2.41. The summed E-state index contributed by atoms with van der Waals surface area (Å²) in [6.45, 7) is 9.88. The smallest absolute Gasteiger partial charge is 0.0585 e. The number of benzene rings is 1. The number of hydrogen-bond acceptors (Lipinski definition) is 4. The normalized spacial score (nSPS) is 29.0. The summed E-state index contributed by atoms with van der Waals surface area (Å²) in [4.78, 5) is 2.73. The molecule has 4 N–H and O–H groups in total. The molecule has 25 heavy (non-hydrogen) atoms. The van der Waals surface area contributed by atoms with Crippen LogP contribution in [0.2, 0.25) is 0 Å². The van der Waals surface area contributed by atoms with E-state index in [1.54, 1.807) is 0 Å². The van der Waals surface area contributed by atoms with Gasteiger partial charge in [-0.25, -0.2) is 0 Å². The number of ether oxygens (including phenoxy) is 1. The average molecular weight is 346 g/mol. The number of anilines is 2. The summed E-state index contributed by atoms with van der Waals surface area (Å²) >= 11 is 0. The molecule has 1 aromatic carbocycles. The summed E-state index contributed by atoms with van der Waals surface area (Å²) < 4.78 is 5.83. The lowest BCUT2D eigenvalue weighted by molar-refractivity contribution is -0.0250. The maximum atomic E-state index is 6.31. The zero-order valence-electron chi connectivity index (χ0n) is 16.2. The first-order valence-corrected chi connectivity index (χ1v) is 9.95. The number of hydrogen-bond donors (Lipinski definition) is 2. The lowest BCUT2D eigenvalue weighted by Gasteiger charge is -2.48. The molecule has 4 nitrogen and oxygen atoms in total. The molecular weight excluding hydrogens is 310 g/mol. The fourth-order valence-corrected chi connectivity index (χ4v) is 4.94. The zero-order chi connectivity index (χ0) is 18.0. The lowest BCUT2D eigenvalue weighted by Crippen LogP contribution is -2.52. The highest BCUT2D eigenvalue weighted by molar-refractivity contribution is 5.70. The van der Waals surface area contributed by atoms with Crippen molar-refractivity contribution in [3.8, 4) is 0 Å². The van der Waals surface area contributed by atoms with E-state index in [4.69, 9.17) is 16.2 Å². The van der Waals surface area contributed by atoms with Crippen LogP contribution in [-0.2, 0) is 4.74 Å². The minimum absolute atomic E-state index is 0.342. The number of aryl methyl sites for hydroxylation is 1. The fourth-order valence-electron chi connectivity index (χ4n) is 4.94. The molecular formula is C21H35N3O. The van der Waals surface area contributed by atoms with Crippen LogP contribution in [0, 0.1) is 6.92 Å². The second-order valence-corrected chi connectivity index (χ2v) is 8.21. The third kappa shape index (κ3) is 3.80. The van der Waals surface area contributed by atoms with E-state index >= 15 is 0 Å². The van der Waals surface area contributed by atoms with Crippen LogP contribution in [0.3, 0.4) is 0 Å². The summed E-state index contributed by atoms with van der Waals surface area (Å²) in [5.41, 5.74) is 16.8. The Kier molecular flexibility index (Phi) is 5.59. The van der Waals surface area contributed by atoms with Crippen molar-refractivity contribution in [2.24, 2.45) is 0 Å². The lowest BCUT2D eigenvalue weighted by atomic mass is 9.77. The summed E-state index contributed by atoms with van der Waals surface area (Å²) in [6.07, 6.45) is 7.74. The van der Waals surface area contributed by atoms with Gasteiger partial charge in [0, 0.05) is 12.1 Å². The molecule has 1 aliphatic carbocycles. The Labute approximate surface area is 152 Å². The van der Waals surface area contributed by atoms with Crippen molar-refractivity contribution in [1.29, 1.82) is 0 Å². The average Bonchev–Trinajstić information content (AvgIpc) is 2.61. The zero-order valence-corrected chi connectivity index (χ0v) is 16.2. The van der Waals surface area contributed by atoms with E-state index in [9.17, 15) is 0 Å². The Morgan fingerprint density at radius 1 is 1.12 bits per heavy atom. The summed E-state index contributed by atoms with van der Waals surface area (Å²) in [5, 5.41) is 0. The van der Waals surface area contributed by atoms with Crippen LogP contribution in [0.4, 0.5) is 11.4 Å². The van der Waals surface area contributed by atoms with E-state index in [0.29, 0.717) is 17.6 Å². The van der Waals surface area contributed by atoms with Crippen molar-refractivity contribution < 1.29 is 4.74 Å². The van der Waals surface area contributed by atoms with Gasteiger partial charge >= 0.3 is 0 Å². The van der Waals surface area contributed by atoms with Crippen LogP contribution in [0.15, 0.2) is 12.1 Å². The Morgan fingerprint density at radius 2 is 1.76 bits per heavy atom. The van der Waals surface area contributed by atoms with Gasteiger partial charge in [-0.15, -0.1) is 0 Å². The fraction of sp³-hybridized carbons (Fsp3) is 0.714. The van der Waals surface area contributed by atoms with Gasteiger partial charge in [0.15, 0.2) is 0 Å². The van der Waals surface area contributed by atoms with E-state index in [0.717, 1.165) is 31.1 Å². The molecule has 2 aliphatic rings. The molecule has 1 saturated carbocycles. The molecule has 1 saturated heterocycles. The minimum atomic E-state index is 0.342. The Hall–Kier alpha value is -1.26. The Morgan fingerprint density at radius 3 is 2.36 bits per heavy atom. The van der Waals surface area contributed by atoms with Gasteiger partial charge < -0.3 is 16.2 Å². The molecule has 140 valence electrons. The van der Waals surface area contributed by atoms with Crippen LogP contribution >= 0.6 is 0 Å². The first kappa shape index (κ1) is 18.5. The molecule has 1 aromatic rings. The van der Waals surface area contributed by atoms with Crippen molar-refractivity contribution in [3.63, 3.8) is 0 Å². The number of rotatable bonds is 4. The molecule has 0 aromatic heterocycles. The molecule has 0 radical (unpaired) electrons. The Balaban J connectivity index is 1.62. The van der Waals surface area contributed by atoms with Crippen molar-refractivity contribution >= 4 is 11.4 Å². The summed E-state index contributed by atoms with van der Waals surface area (Å²) in [7, 11) is 0. The highest BCUT2D eigenvalue weighted by Gasteiger charge is 2.38. The minimum Gasteiger partial charge on any atom is -0.397 e. The van der Waals surface area contributed by atoms with Crippen molar-refractivity contribution in [1.82, 2.24) is 4.90 Å². The van der Waals surface area contributed by atoms with Crippen LogP contribution < -0.4 is 11.5 Å². The van der Waals surface area contributed by atoms with Crippen LogP contribution in [0.5, 0.6) is 0 Å². The standard InChI is InChI=1S/C21H35N3O/c1-4-25-17-7-11-21(3,12-8-17)24-13-9-16(10-14-24)19-15(2)5-6-18(22)20(19)23/h5-6,16-17H,4,7-14,22-23H2,1-3H3. The van der Waals surface area contributed by atoms with Gasteiger partial charge in [0.2, 0.25) is 0 Å². The van der Waals surface area contributed by atoms with E-state index in [2.05, 4.69) is 31.7 Å². The molecule has 0 unspecified atom stereocenters. The number of nitrogen functional groups attached to an aromatic ring is 2. The molecule has 1 aliphatic heterocycles. The maximum Gasteiger partial charge on any atom is 0.0585 e. The topological polar surface area (TPSA) is 64.5 Å². The molecule has 0 atom stereocenters. The number of nitrogens with two attached hydrogens (primary N) is 2. The molecule has 4 heteroatoms. The van der Waals surface area contributed by atoms with E-state index in [1.165, 1.54) is 49.7 Å². The third-order valence-corrected chi connectivity index (χ3v) is 6.62. The monoisotopic (exact) mass is 345 g/mol. The molecule has 0 amide bonds.